The molecule has 7 nitrogen and oxygen atoms in total. The van der Waals surface area contributed by atoms with E-state index in [9.17, 15) is 0 Å². The van der Waals surface area contributed by atoms with Gasteiger partial charge in [0.25, 0.3) is 0 Å². The summed E-state index contributed by atoms with van der Waals surface area (Å²) >= 11 is 0. The van der Waals surface area contributed by atoms with Crippen LogP contribution in [0.4, 0.5) is 11.8 Å². The first-order chi connectivity index (χ1) is 11.7. The topological polar surface area (TPSA) is 93.7 Å². The highest BCUT2D eigenvalue weighted by atomic mass is 16.5. The van der Waals surface area contributed by atoms with Crippen LogP contribution >= 0.6 is 0 Å². The van der Waals surface area contributed by atoms with E-state index in [0.29, 0.717) is 29.2 Å². The number of hydrogen-bond acceptors (Lipinski definition) is 7. The van der Waals surface area contributed by atoms with Gasteiger partial charge in [-0.15, -0.1) is 0 Å². The molecule has 0 radical (unpaired) electrons. The lowest BCUT2D eigenvalue weighted by atomic mass is 9.94. The van der Waals surface area contributed by atoms with Gasteiger partial charge in [0.15, 0.2) is 11.5 Å². The Labute approximate surface area is 141 Å². The first-order valence-electron chi connectivity index (χ1n) is 8.21. The van der Waals surface area contributed by atoms with Crippen LogP contribution in [0.15, 0.2) is 12.1 Å². The normalized spacial score (nSPS) is 15.7. The van der Waals surface area contributed by atoms with Crippen LogP contribution in [0.2, 0.25) is 0 Å². The van der Waals surface area contributed by atoms with Gasteiger partial charge in [0.1, 0.15) is 5.82 Å². The summed E-state index contributed by atoms with van der Waals surface area (Å²) in [5, 5.41) is 9.83. The third-order valence-corrected chi connectivity index (χ3v) is 4.65. The smallest absolute Gasteiger partial charge is 0.227 e. The first-order valence-corrected chi connectivity index (χ1v) is 8.21. The summed E-state index contributed by atoms with van der Waals surface area (Å²) in [5.74, 6) is 2.89. The van der Waals surface area contributed by atoms with Crippen LogP contribution in [-0.2, 0) is 0 Å². The molecule has 1 aromatic carbocycles. The van der Waals surface area contributed by atoms with Crippen LogP contribution in [0.25, 0.3) is 10.9 Å². The third-order valence-electron chi connectivity index (χ3n) is 4.65. The highest BCUT2D eigenvalue weighted by molar-refractivity contribution is 5.91. The van der Waals surface area contributed by atoms with Crippen molar-refractivity contribution in [3.8, 4) is 11.5 Å². The number of hydrogen-bond donors (Lipinski definition) is 2. The number of fused-ring (bicyclic) bond motifs is 1. The summed E-state index contributed by atoms with van der Waals surface area (Å²) in [5.41, 5.74) is 6.89. The molecule has 0 aliphatic carbocycles. The molecule has 130 valence electrons. The van der Waals surface area contributed by atoms with E-state index in [-0.39, 0.29) is 6.61 Å². The van der Waals surface area contributed by atoms with Crippen molar-refractivity contribution in [1.29, 1.82) is 0 Å². The van der Waals surface area contributed by atoms with Gasteiger partial charge in [-0.25, -0.2) is 4.98 Å². The number of nitrogens with two attached hydrogens (primary N) is 1. The maximum Gasteiger partial charge on any atom is 0.227 e. The second-order valence-corrected chi connectivity index (χ2v) is 6.08. The Morgan fingerprint density at radius 3 is 2.46 bits per heavy atom. The van der Waals surface area contributed by atoms with Gasteiger partial charge in [-0.2, -0.15) is 4.98 Å². The Balaban J connectivity index is 1.90. The van der Waals surface area contributed by atoms with Crippen LogP contribution in [-0.4, -0.2) is 49.0 Å². The summed E-state index contributed by atoms with van der Waals surface area (Å²) in [6.07, 6.45) is 2.94. The minimum Gasteiger partial charge on any atom is -0.493 e. The van der Waals surface area contributed by atoms with Gasteiger partial charge in [0.05, 0.1) is 19.7 Å². The Morgan fingerprint density at radius 1 is 1.17 bits per heavy atom. The van der Waals surface area contributed by atoms with Crippen molar-refractivity contribution >= 4 is 22.7 Å². The third kappa shape index (κ3) is 3.17. The molecule has 1 aromatic heterocycles. The molecule has 0 spiro atoms. The lowest BCUT2D eigenvalue weighted by Gasteiger charge is -2.32. The van der Waals surface area contributed by atoms with E-state index < -0.39 is 0 Å². The molecule has 2 aromatic rings. The van der Waals surface area contributed by atoms with Gasteiger partial charge in [-0.3, -0.25) is 0 Å². The number of nitrogen functional groups attached to an aromatic ring is 1. The second-order valence-electron chi connectivity index (χ2n) is 6.08. The molecule has 0 bridgehead atoms. The quantitative estimate of drug-likeness (QED) is 0.862. The Hall–Kier alpha value is -2.28. The number of benzene rings is 1. The molecule has 2 heterocycles. The van der Waals surface area contributed by atoms with Crippen LogP contribution in [0.5, 0.6) is 11.5 Å². The predicted octanol–water partition coefficient (Wildman–Crippen LogP) is 1.83. The molecular weight excluding hydrogens is 308 g/mol. The summed E-state index contributed by atoms with van der Waals surface area (Å²) in [7, 11) is 3.19. The van der Waals surface area contributed by atoms with Gasteiger partial charge in [0.2, 0.25) is 5.95 Å². The van der Waals surface area contributed by atoms with E-state index >= 15 is 0 Å². The van der Waals surface area contributed by atoms with Crippen molar-refractivity contribution in [2.24, 2.45) is 5.92 Å². The fraction of sp³-hybridized carbons (Fsp3) is 0.529. The standard InChI is InChI=1S/C17H24N4O3/c1-23-14-9-12-13(10-15(14)24-2)19-17(20-16(12)18)21-6-3-11(4-7-21)5-8-22/h9-11,22H,3-8H2,1-2H3,(H2,18,19,20). The average molecular weight is 332 g/mol. The number of aliphatic hydroxyl groups is 1. The summed E-state index contributed by atoms with van der Waals surface area (Å²) < 4.78 is 10.7. The fourth-order valence-electron chi connectivity index (χ4n) is 3.21. The lowest BCUT2D eigenvalue weighted by Crippen LogP contribution is -2.35. The molecule has 3 rings (SSSR count). The zero-order valence-corrected chi connectivity index (χ0v) is 14.2. The molecule has 0 unspecified atom stereocenters. The summed E-state index contributed by atoms with van der Waals surface area (Å²) in [4.78, 5) is 11.3. The maximum absolute atomic E-state index is 9.07. The first kappa shape index (κ1) is 16.6. The number of piperidine rings is 1. The van der Waals surface area contributed by atoms with Crippen molar-refractivity contribution in [2.75, 3.05) is 44.5 Å². The van der Waals surface area contributed by atoms with Gasteiger partial charge in [-0.1, -0.05) is 0 Å². The number of aliphatic hydroxyl groups excluding tert-OH is 1. The van der Waals surface area contributed by atoms with Crippen LogP contribution in [0.3, 0.4) is 0 Å². The minimum atomic E-state index is 0.256. The number of methoxy groups -OCH3 is 2. The number of nitrogens with zero attached hydrogens (tertiary/aromatic N) is 3. The molecule has 7 heteroatoms. The molecular formula is C17H24N4O3. The van der Waals surface area contributed by atoms with Crippen molar-refractivity contribution in [3.05, 3.63) is 12.1 Å². The minimum absolute atomic E-state index is 0.256. The molecule has 1 aliphatic rings. The highest BCUT2D eigenvalue weighted by Gasteiger charge is 2.22. The Bertz CT molecular complexity index is 715. The van der Waals surface area contributed by atoms with Crippen molar-refractivity contribution in [1.82, 2.24) is 9.97 Å². The van der Waals surface area contributed by atoms with Gasteiger partial charge < -0.3 is 25.2 Å². The van der Waals surface area contributed by atoms with E-state index in [0.717, 1.165) is 43.3 Å². The van der Waals surface area contributed by atoms with Gasteiger partial charge in [0, 0.05) is 31.1 Å². The zero-order chi connectivity index (χ0) is 17.1. The monoisotopic (exact) mass is 332 g/mol. The Morgan fingerprint density at radius 2 is 1.83 bits per heavy atom. The van der Waals surface area contributed by atoms with Crippen LogP contribution < -0.4 is 20.1 Å². The van der Waals surface area contributed by atoms with E-state index in [1.165, 1.54) is 0 Å². The molecule has 0 amide bonds. The van der Waals surface area contributed by atoms with E-state index in [4.69, 9.17) is 20.3 Å². The lowest BCUT2D eigenvalue weighted by molar-refractivity contribution is 0.240. The summed E-state index contributed by atoms with van der Waals surface area (Å²) in [6, 6.07) is 3.63. The van der Waals surface area contributed by atoms with Crippen LogP contribution in [0, 0.1) is 5.92 Å². The SMILES string of the molecule is COc1cc2nc(N3CCC(CCO)CC3)nc(N)c2cc1OC. The molecule has 24 heavy (non-hydrogen) atoms. The highest BCUT2D eigenvalue weighted by Crippen LogP contribution is 2.34. The number of anilines is 2. The summed E-state index contributed by atoms with van der Waals surface area (Å²) in [6.45, 7) is 2.01. The number of rotatable bonds is 5. The zero-order valence-electron chi connectivity index (χ0n) is 14.2. The van der Waals surface area contributed by atoms with Crippen molar-refractivity contribution < 1.29 is 14.6 Å². The van der Waals surface area contributed by atoms with E-state index in [1.54, 1.807) is 20.3 Å². The maximum atomic E-state index is 9.07. The van der Waals surface area contributed by atoms with E-state index in [1.807, 2.05) is 6.07 Å². The molecule has 1 aliphatic heterocycles. The van der Waals surface area contributed by atoms with Gasteiger partial charge >= 0.3 is 0 Å². The fourth-order valence-corrected chi connectivity index (χ4v) is 3.21. The molecule has 1 saturated heterocycles. The Kier molecular flexibility index (Phi) is 4.89. The van der Waals surface area contributed by atoms with E-state index in [2.05, 4.69) is 14.9 Å². The molecule has 0 saturated carbocycles. The van der Waals surface area contributed by atoms with Gasteiger partial charge in [-0.05, 0) is 31.2 Å². The van der Waals surface area contributed by atoms with Crippen LogP contribution in [0.1, 0.15) is 19.3 Å². The number of ether oxygens (including phenoxy) is 2. The number of aromatic nitrogens is 2. The molecule has 3 N–H and O–H groups in total. The molecule has 0 atom stereocenters. The predicted molar refractivity (Wildman–Crippen MR) is 93.7 cm³/mol. The largest absolute Gasteiger partial charge is 0.493 e. The second kappa shape index (κ2) is 7.09. The van der Waals surface area contributed by atoms with Crippen molar-refractivity contribution in [3.63, 3.8) is 0 Å². The average Bonchev–Trinajstić information content (AvgIpc) is 2.61. The molecule has 1 fully saturated rings. The van der Waals surface area contributed by atoms with Crippen molar-refractivity contribution in [2.45, 2.75) is 19.3 Å².